The molecule has 0 amide bonds. The van der Waals surface area contributed by atoms with Crippen molar-refractivity contribution in [2.24, 2.45) is 4.99 Å². The fourth-order valence-corrected chi connectivity index (χ4v) is 0.934. The van der Waals surface area contributed by atoms with Gasteiger partial charge in [0.2, 0.25) is 5.29 Å². The summed E-state index contributed by atoms with van der Waals surface area (Å²) in [5.41, 5.74) is 0.695. The molecule has 0 aromatic heterocycles. The van der Waals surface area contributed by atoms with E-state index in [-0.39, 0.29) is 10.5 Å². The molecular weight excluding hydrogens is 208 g/mol. The Balaban J connectivity index is 4.04. The van der Waals surface area contributed by atoms with Crippen molar-refractivity contribution in [2.45, 2.75) is 6.42 Å². The number of nitrogens with one attached hydrogen (secondary N) is 1. The molecule has 1 N–H and O–H groups in total. The lowest BCUT2D eigenvalue weighted by Crippen LogP contribution is -2.16. The first-order valence-electron chi connectivity index (χ1n) is 3.74. The average Bonchev–Trinajstić information content (AvgIpc) is 1.98. The van der Waals surface area contributed by atoms with Crippen LogP contribution in [-0.2, 0) is 0 Å². The predicted molar refractivity (Wildman–Crippen MR) is 61.8 cm³/mol. The first kappa shape index (κ1) is 12.7. The molecule has 0 aromatic rings. The van der Waals surface area contributed by atoms with Crippen LogP contribution in [0.3, 0.4) is 0 Å². The van der Waals surface area contributed by atoms with Crippen LogP contribution in [0.4, 0.5) is 0 Å². The lowest BCUT2D eigenvalue weighted by atomic mass is 10.2. The van der Waals surface area contributed by atoms with E-state index in [9.17, 15) is 0 Å². The third kappa shape index (κ3) is 6.81. The standard InChI is InChI=1S/C7H12BCl2N3/c1-5(3-4-13(2)8)6(9)12-7(10)11/h11H,1,3-4,8H2,2H3/b11-7?,12-6+. The minimum atomic E-state index is -0.323. The third-order valence-corrected chi connectivity index (χ3v) is 1.79. The summed E-state index contributed by atoms with van der Waals surface area (Å²) in [6, 6.07) is 0. The highest BCUT2D eigenvalue weighted by Crippen LogP contribution is 2.06. The normalized spacial score (nSPS) is 11.8. The summed E-state index contributed by atoms with van der Waals surface area (Å²) in [4.78, 5) is 5.58. The first-order valence-corrected chi connectivity index (χ1v) is 4.50. The van der Waals surface area contributed by atoms with E-state index in [2.05, 4.69) is 11.6 Å². The SMILES string of the molecule is BN(C)CCC(=C)/C(Cl)=N\C(=N)Cl. The van der Waals surface area contributed by atoms with E-state index < -0.39 is 0 Å². The van der Waals surface area contributed by atoms with Crippen molar-refractivity contribution in [3.05, 3.63) is 12.2 Å². The van der Waals surface area contributed by atoms with Crippen molar-refractivity contribution in [1.29, 1.82) is 5.41 Å². The van der Waals surface area contributed by atoms with Crippen molar-refractivity contribution in [2.75, 3.05) is 13.6 Å². The Kier molecular flexibility index (Phi) is 6.04. The largest absolute Gasteiger partial charge is 0.351 e. The molecule has 6 heteroatoms. The van der Waals surface area contributed by atoms with E-state index >= 15 is 0 Å². The minimum absolute atomic E-state index is 0.210. The number of hydrogen-bond acceptors (Lipinski definition) is 2. The summed E-state index contributed by atoms with van der Waals surface area (Å²) in [7, 11) is 3.92. The van der Waals surface area contributed by atoms with Gasteiger partial charge in [-0.1, -0.05) is 18.2 Å². The van der Waals surface area contributed by atoms with E-state index in [0.717, 1.165) is 13.0 Å². The fraction of sp³-hybridized carbons (Fsp3) is 0.429. The van der Waals surface area contributed by atoms with Gasteiger partial charge in [0.15, 0.2) is 7.98 Å². The van der Waals surface area contributed by atoms with Crippen molar-refractivity contribution in [1.82, 2.24) is 4.81 Å². The van der Waals surface area contributed by atoms with E-state index in [4.69, 9.17) is 28.6 Å². The molecule has 3 nitrogen and oxygen atoms in total. The number of halogens is 2. The minimum Gasteiger partial charge on any atom is -0.351 e. The second kappa shape index (κ2) is 6.19. The Labute approximate surface area is 89.4 Å². The monoisotopic (exact) mass is 219 g/mol. The molecule has 0 unspecified atom stereocenters. The van der Waals surface area contributed by atoms with Gasteiger partial charge in [-0.15, -0.1) is 0 Å². The number of rotatable bonds is 4. The van der Waals surface area contributed by atoms with Gasteiger partial charge in [-0.3, -0.25) is 5.41 Å². The summed E-state index contributed by atoms with van der Waals surface area (Å²) < 4.78 is 0. The molecule has 0 spiro atoms. The Morgan fingerprint density at radius 3 is 2.54 bits per heavy atom. The third-order valence-electron chi connectivity index (χ3n) is 1.35. The molecule has 13 heavy (non-hydrogen) atoms. The van der Waals surface area contributed by atoms with Crippen LogP contribution >= 0.6 is 23.2 Å². The van der Waals surface area contributed by atoms with Gasteiger partial charge in [-0.05, 0) is 37.2 Å². The molecule has 0 saturated carbocycles. The zero-order chi connectivity index (χ0) is 10.4. The van der Waals surface area contributed by atoms with Crippen LogP contribution in [0.2, 0.25) is 0 Å². The maximum atomic E-state index is 6.88. The highest BCUT2D eigenvalue weighted by atomic mass is 35.5. The van der Waals surface area contributed by atoms with Gasteiger partial charge in [0.25, 0.3) is 0 Å². The van der Waals surface area contributed by atoms with Crippen LogP contribution in [0.5, 0.6) is 0 Å². The predicted octanol–water partition coefficient (Wildman–Crippen LogP) is 1.22. The smallest absolute Gasteiger partial charge is 0.216 e. The number of hydrogen-bond donors (Lipinski definition) is 1. The van der Waals surface area contributed by atoms with Gasteiger partial charge >= 0.3 is 0 Å². The van der Waals surface area contributed by atoms with Crippen LogP contribution in [0, 0.1) is 5.41 Å². The Bertz CT molecular complexity index is 238. The van der Waals surface area contributed by atoms with Gasteiger partial charge in [-0.25, -0.2) is 4.99 Å². The molecule has 0 heterocycles. The molecule has 0 rings (SSSR count). The van der Waals surface area contributed by atoms with Crippen LogP contribution in [0.1, 0.15) is 6.42 Å². The van der Waals surface area contributed by atoms with E-state index in [0.29, 0.717) is 5.57 Å². The second-order valence-electron chi connectivity index (χ2n) is 2.85. The zero-order valence-electron chi connectivity index (χ0n) is 7.77. The van der Waals surface area contributed by atoms with Gasteiger partial charge in [0.05, 0.1) is 0 Å². The van der Waals surface area contributed by atoms with Crippen molar-refractivity contribution in [3.63, 3.8) is 0 Å². The van der Waals surface area contributed by atoms with Crippen molar-refractivity contribution in [3.8, 4) is 0 Å². The Morgan fingerprint density at radius 2 is 2.15 bits per heavy atom. The molecule has 0 atom stereocenters. The van der Waals surface area contributed by atoms with Gasteiger partial charge in [0, 0.05) is 0 Å². The summed E-state index contributed by atoms with van der Waals surface area (Å²) in [6.45, 7) is 4.58. The molecule has 0 aliphatic carbocycles. The van der Waals surface area contributed by atoms with Crippen LogP contribution in [0.15, 0.2) is 17.1 Å². The number of aliphatic imine (C=N–C) groups is 1. The summed E-state index contributed by atoms with van der Waals surface area (Å²) in [6.07, 6.45) is 0.722. The summed E-state index contributed by atoms with van der Waals surface area (Å²) in [5, 5.41) is 6.76. The topological polar surface area (TPSA) is 39.5 Å². The Hall–Kier alpha value is -0.315. The first-order chi connectivity index (χ1) is 5.93. The highest BCUT2D eigenvalue weighted by molar-refractivity contribution is 6.73. The molecule has 0 aromatic carbocycles. The molecule has 0 fully saturated rings. The summed E-state index contributed by atoms with van der Waals surface area (Å²) >= 11 is 11.0. The molecular formula is C7H12BCl2N3. The summed E-state index contributed by atoms with van der Waals surface area (Å²) in [5.74, 6) is 0. The molecule has 0 aliphatic heterocycles. The Morgan fingerprint density at radius 1 is 1.62 bits per heavy atom. The molecule has 0 radical (unpaired) electrons. The molecule has 0 saturated heterocycles. The van der Waals surface area contributed by atoms with E-state index in [1.165, 1.54) is 0 Å². The van der Waals surface area contributed by atoms with Gasteiger partial charge in [-0.2, -0.15) is 0 Å². The fourth-order valence-electron chi connectivity index (χ4n) is 0.627. The molecule has 0 aliphatic rings. The van der Waals surface area contributed by atoms with Crippen LogP contribution < -0.4 is 0 Å². The van der Waals surface area contributed by atoms with Crippen molar-refractivity contribution < 1.29 is 0 Å². The quantitative estimate of drug-likeness (QED) is 0.329. The maximum absolute atomic E-state index is 6.88. The number of amidine groups is 1. The van der Waals surface area contributed by atoms with E-state index in [1.807, 2.05) is 19.8 Å². The highest BCUT2D eigenvalue weighted by Gasteiger charge is 2.02. The number of nitrogens with zero attached hydrogens (tertiary/aromatic N) is 2. The second-order valence-corrected chi connectivity index (χ2v) is 3.57. The molecule has 72 valence electrons. The van der Waals surface area contributed by atoms with Crippen LogP contribution in [-0.4, -0.2) is 36.9 Å². The zero-order valence-corrected chi connectivity index (χ0v) is 9.28. The van der Waals surface area contributed by atoms with Crippen molar-refractivity contribution >= 4 is 41.6 Å². The van der Waals surface area contributed by atoms with Gasteiger partial charge in [0.1, 0.15) is 5.17 Å². The lowest BCUT2D eigenvalue weighted by molar-refractivity contribution is 0.552. The lowest BCUT2D eigenvalue weighted by Gasteiger charge is -2.09. The van der Waals surface area contributed by atoms with E-state index in [1.54, 1.807) is 0 Å². The van der Waals surface area contributed by atoms with Crippen LogP contribution in [0.25, 0.3) is 0 Å². The maximum Gasteiger partial charge on any atom is 0.216 e. The molecule has 0 bridgehead atoms. The average molecular weight is 220 g/mol. The van der Waals surface area contributed by atoms with Gasteiger partial charge < -0.3 is 4.81 Å².